The summed E-state index contributed by atoms with van der Waals surface area (Å²) in [4.78, 5) is 18.4. The third kappa shape index (κ3) is 5.81. The van der Waals surface area contributed by atoms with Gasteiger partial charge in [-0.05, 0) is 37.0 Å². The van der Waals surface area contributed by atoms with E-state index >= 15 is 0 Å². The summed E-state index contributed by atoms with van der Waals surface area (Å²) in [5.74, 6) is 1.02. The van der Waals surface area contributed by atoms with Crippen LogP contribution in [0.15, 0.2) is 29.3 Å². The van der Waals surface area contributed by atoms with Crippen molar-refractivity contribution >= 4 is 41.5 Å². The average molecular weight is 486 g/mol. The molecule has 27 heavy (non-hydrogen) atoms. The van der Waals surface area contributed by atoms with Crippen LogP contribution in [-0.2, 0) is 16.1 Å². The van der Waals surface area contributed by atoms with E-state index in [2.05, 4.69) is 20.5 Å². The van der Waals surface area contributed by atoms with Crippen LogP contribution < -0.4 is 10.6 Å². The molecule has 2 N–H and O–H groups in total. The van der Waals surface area contributed by atoms with Gasteiger partial charge in [-0.1, -0.05) is 19.1 Å². The van der Waals surface area contributed by atoms with E-state index in [0.29, 0.717) is 11.8 Å². The van der Waals surface area contributed by atoms with Gasteiger partial charge >= 0.3 is 0 Å². The Labute approximate surface area is 179 Å². The summed E-state index contributed by atoms with van der Waals surface area (Å²) in [6, 6.07) is 7.98. The van der Waals surface area contributed by atoms with Crippen LogP contribution in [-0.4, -0.2) is 50.1 Å². The zero-order chi connectivity index (χ0) is 18.4. The number of halogens is 1. The Morgan fingerprint density at radius 2 is 2.07 bits per heavy atom. The van der Waals surface area contributed by atoms with Crippen LogP contribution in [0.5, 0.6) is 0 Å². The fraction of sp³-hybridized carbons (Fsp3) is 0.600. The second kappa shape index (κ2) is 10.3. The molecule has 0 saturated carbocycles. The molecule has 2 fully saturated rings. The third-order valence-electron chi connectivity index (χ3n) is 5.30. The highest BCUT2D eigenvalue weighted by molar-refractivity contribution is 14.0. The van der Waals surface area contributed by atoms with Gasteiger partial charge in [-0.3, -0.25) is 9.79 Å². The van der Waals surface area contributed by atoms with Gasteiger partial charge in [0, 0.05) is 50.8 Å². The Hall–Kier alpha value is -1.35. The fourth-order valence-corrected chi connectivity index (χ4v) is 3.76. The van der Waals surface area contributed by atoms with Gasteiger partial charge in [0.05, 0.1) is 6.61 Å². The van der Waals surface area contributed by atoms with Crippen LogP contribution in [0.2, 0.25) is 0 Å². The second-order valence-corrected chi connectivity index (χ2v) is 7.37. The van der Waals surface area contributed by atoms with Crippen LogP contribution >= 0.6 is 24.0 Å². The van der Waals surface area contributed by atoms with E-state index in [1.165, 1.54) is 6.42 Å². The highest BCUT2D eigenvalue weighted by atomic mass is 127. The number of nitrogens with one attached hydrogen (secondary N) is 2. The molecule has 3 rings (SSSR count). The molecule has 1 aromatic carbocycles. The van der Waals surface area contributed by atoms with Gasteiger partial charge in [-0.25, -0.2) is 0 Å². The lowest BCUT2D eigenvalue weighted by atomic mass is 9.87. The molecule has 2 aliphatic rings. The minimum absolute atomic E-state index is 0. The lowest BCUT2D eigenvalue weighted by Gasteiger charge is -2.25. The van der Waals surface area contributed by atoms with E-state index in [-0.39, 0.29) is 29.9 Å². The van der Waals surface area contributed by atoms with Gasteiger partial charge in [0.15, 0.2) is 5.96 Å². The fourth-order valence-electron chi connectivity index (χ4n) is 3.76. The van der Waals surface area contributed by atoms with Gasteiger partial charge < -0.3 is 20.3 Å². The van der Waals surface area contributed by atoms with E-state index in [0.717, 1.165) is 62.9 Å². The number of carbonyl (C=O) groups excluding carboxylic acids is 1. The number of guanidine groups is 1. The Bertz CT molecular complexity index is 642. The molecular weight excluding hydrogens is 455 g/mol. The molecule has 0 bridgehead atoms. The van der Waals surface area contributed by atoms with Gasteiger partial charge in [0.1, 0.15) is 0 Å². The quantitative estimate of drug-likeness (QED) is 0.381. The van der Waals surface area contributed by atoms with Gasteiger partial charge in [-0.2, -0.15) is 0 Å². The smallest absolute Gasteiger partial charge is 0.224 e. The van der Waals surface area contributed by atoms with Crippen LogP contribution in [0.1, 0.15) is 38.2 Å². The van der Waals surface area contributed by atoms with E-state index in [1.54, 1.807) is 0 Å². The highest BCUT2D eigenvalue weighted by Crippen LogP contribution is 2.38. The lowest BCUT2D eigenvalue weighted by Crippen LogP contribution is -2.41. The molecule has 0 aromatic heterocycles. The third-order valence-corrected chi connectivity index (χ3v) is 5.30. The van der Waals surface area contributed by atoms with Crippen molar-refractivity contribution < 1.29 is 9.53 Å². The Balaban J connectivity index is 0.00000261. The van der Waals surface area contributed by atoms with E-state index < -0.39 is 0 Å². The first-order valence-electron chi connectivity index (χ1n) is 9.56. The Morgan fingerprint density at radius 1 is 1.30 bits per heavy atom. The van der Waals surface area contributed by atoms with Crippen molar-refractivity contribution in [3.05, 3.63) is 29.8 Å². The van der Waals surface area contributed by atoms with Crippen molar-refractivity contribution in [1.82, 2.24) is 10.2 Å². The van der Waals surface area contributed by atoms with Crippen molar-refractivity contribution in [2.24, 2.45) is 10.4 Å². The van der Waals surface area contributed by atoms with Crippen LogP contribution in [0.25, 0.3) is 0 Å². The number of benzene rings is 1. The topological polar surface area (TPSA) is 66.0 Å². The molecule has 150 valence electrons. The summed E-state index contributed by atoms with van der Waals surface area (Å²) in [7, 11) is 1.84. The Kier molecular flexibility index (Phi) is 8.34. The number of carbonyl (C=O) groups is 1. The monoisotopic (exact) mass is 486 g/mol. The Morgan fingerprint density at radius 3 is 2.70 bits per heavy atom. The summed E-state index contributed by atoms with van der Waals surface area (Å²) in [6.45, 7) is 6.55. The molecular formula is C20H31IN4O2. The minimum Gasteiger partial charge on any atom is -0.381 e. The van der Waals surface area contributed by atoms with Gasteiger partial charge in [0.25, 0.3) is 0 Å². The number of hydrogen-bond donors (Lipinski definition) is 2. The largest absolute Gasteiger partial charge is 0.381 e. The van der Waals surface area contributed by atoms with Crippen molar-refractivity contribution in [2.75, 3.05) is 38.7 Å². The molecule has 0 radical (unpaired) electrons. The number of rotatable bonds is 5. The summed E-state index contributed by atoms with van der Waals surface area (Å²) < 4.78 is 5.61. The average Bonchev–Trinajstić information content (AvgIpc) is 3.27. The summed E-state index contributed by atoms with van der Waals surface area (Å²) in [5.41, 5.74) is 2.34. The van der Waals surface area contributed by atoms with E-state index in [4.69, 9.17) is 4.74 Å². The maximum atomic E-state index is 11.7. The predicted octanol–water partition coefficient (Wildman–Crippen LogP) is 3.23. The number of anilines is 1. The maximum Gasteiger partial charge on any atom is 0.224 e. The number of ether oxygens (including phenoxy) is 1. The lowest BCUT2D eigenvalue weighted by molar-refractivity contribution is -0.116. The number of nitrogens with zero attached hydrogens (tertiary/aromatic N) is 2. The van der Waals surface area contributed by atoms with Crippen molar-refractivity contribution in [3.63, 3.8) is 0 Å². The molecule has 2 saturated heterocycles. The molecule has 2 heterocycles. The SMILES string of the molecule is CCCC(=O)Nc1ccc(CNC(=NC)N2CCC3(CCOC3)C2)cc1.I. The standard InChI is InChI=1S/C20H30N4O2.HI/c1-3-4-18(25)23-17-7-5-16(6-8-17)13-22-19(21-2)24-11-9-20(14-24)10-12-26-15-20;/h5-8H,3-4,9-15H2,1-2H3,(H,21,22)(H,23,25);1H. The maximum absolute atomic E-state index is 11.7. The normalized spacial score (nSPS) is 22.0. The van der Waals surface area contributed by atoms with Crippen molar-refractivity contribution in [1.29, 1.82) is 0 Å². The van der Waals surface area contributed by atoms with E-state index in [9.17, 15) is 4.79 Å². The van der Waals surface area contributed by atoms with E-state index in [1.807, 2.05) is 38.2 Å². The summed E-state index contributed by atoms with van der Waals surface area (Å²) in [5, 5.41) is 6.38. The molecule has 1 spiro atoms. The number of amides is 1. The van der Waals surface area contributed by atoms with Crippen LogP contribution in [0, 0.1) is 5.41 Å². The highest BCUT2D eigenvalue weighted by Gasteiger charge is 2.42. The summed E-state index contributed by atoms with van der Waals surface area (Å²) >= 11 is 0. The second-order valence-electron chi connectivity index (χ2n) is 7.37. The first kappa shape index (κ1) is 21.9. The van der Waals surface area contributed by atoms with Crippen LogP contribution in [0.4, 0.5) is 5.69 Å². The van der Waals surface area contributed by atoms with Crippen LogP contribution in [0.3, 0.4) is 0 Å². The number of hydrogen-bond acceptors (Lipinski definition) is 3. The van der Waals surface area contributed by atoms with Crippen molar-refractivity contribution in [3.8, 4) is 0 Å². The zero-order valence-corrected chi connectivity index (χ0v) is 18.6. The number of likely N-dealkylation sites (tertiary alicyclic amines) is 1. The van der Waals surface area contributed by atoms with Gasteiger partial charge in [0.2, 0.25) is 5.91 Å². The molecule has 1 amide bonds. The van der Waals surface area contributed by atoms with Gasteiger partial charge in [-0.15, -0.1) is 24.0 Å². The van der Waals surface area contributed by atoms with Crippen molar-refractivity contribution in [2.45, 2.75) is 39.2 Å². The molecule has 1 aromatic rings. The first-order chi connectivity index (χ1) is 12.6. The molecule has 1 unspecified atom stereocenters. The first-order valence-corrected chi connectivity index (χ1v) is 9.56. The molecule has 0 aliphatic carbocycles. The zero-order valence-electron chi connectivity index (χ0n) is 16.3. The molecule has 7 heteroatoms. The predicted molar refractivity (Wildman–Crippen MR) is 120 cm³/mol. The minimum atomic E-state index is 0. The number of aliphatic imine (C=N–C) groups is 1. The molecule has 6 nitrogen and oxygen atoms in total. The molecule has 1 atom stereocenters. The summed E-state index contributed by atoms with van der Waals surface area (Å²) in [6.07, 6.45) is 3.75. The molecule has 2 aliphatic heterocycles.